The molecule has 1 aliphatic carbocycles. The molecule has 0 spiro atoms. The molecule has 7 nitrogen and oxygen atoms in total. The average molecular weight is 470 g/mol. The van der Waals surface area contributed by atoms with Crippen LogP contribution in [0.1, 0.15) is 17.0 Å². The van der Waals surface area contributed by atoms with Crippen LogP contribution in [-0.4, -0.2) is 24.1 Å². The lowest BCUT2D eigenvalue weighted by Gasteiger charge is -2.45. The predicted octanol–water partition coefficient (Wildman–Crippen LogP) is 4.40. The molecule has 2 aromatic rings. The number of carbonyl (C=O) groups is 1. The second-order valence-corrected chi connectivity index (χ2v) is 8.61. The van der Waals surface area contributed by atoms with Gasteiger partial charge in [-0.25, -0.2) is 4.79 Å². The number of benzene rings is 2. The fourth-order valence-electron chi connectivity index (χ4n) is 4.72. The van der Waals surface area contributed by atoms with Crippen molar-refractivity contribution in [3.8, 4) is 18.2 Å². The highest BCUT2D eigenvalue weighted by atomic mass is 35.5. The largest absolute Gasteiger partial charge is 0.445 e. The summed E-state index contributed by atoms with van der Waals surface area (Å²) in [6.45, 7) is 0.484. The zero-order valence-corrected chi connectivity index (χ0v) is 18.9. The number of hydrogen-bond acceptors (Lipinski definition) is 6. The number of amides is 1. The van der Waals surface area contributed by atoms with Gasteiger partial charge in [0.25, 0.3) is 0 Å². The molecule has 0 aromatic heterocycles. The number of fused-ring (bicyclic) bond motifs is 1. The molecule has 0 fully saturated rings. The summed E-state index contributed by atoms with van der Waals surface area (Å²) in [5.74, 6) is -1.27. The summed E-state index contributed by atoms with van der Waals surface area (Å²) in [4.78, 5) is 14.4. The summed E-state index contributed by atoms with van der Waals surface area (Å²) in [7, 11) is 0. The smallest absolute Gasteiger partial charge is 0.410 e. The Balaban J connectivity index is 1.74. The summed E-state index contributed by atoms with van der Waals surface area (Å²) in [5.41, 5.74) is 6.65. The highest BCUT2D eigenvalue weighted by Gasteiger charge is 2.54. The van der Waals surface area contributed by atoms with Crippen LogP contribution in [0.15, 0.2) is 77.5 Å². The minimum Gasteiger partial charge on any atom is -0.445 e. The molecular formula is C26H20ClN5O2. The van der Waals surface area contributed by atoms with Crippen molar-refractivity contribution in [2.24, 2.45) is 17.1 Å². The van der Waals surface area contributed by atoms with Crippen LogP contribution in [0, 0.1) is 45.3 Å². The SMILES string of the molecule is N#CC1=C(N)C(C#N)(C#N)[C@@H](c2cccc(Cl)c2)[C@@H]2CN(C(=O)OCc3ccccc3)CC=C12. The van der Waals surface area contributed by atoms with Crippen LogP contribution < -0.4 is 5.73 Å². The molecule has 8 heteroatoms. The van der Waals surface area contributed by atoms with Crippen LogP contribution in [0.4, 0.5) is 4.79 Å². The first kappa shape index (κ1) is 22.9. The summed E-state index contributed by atoms with van der Waals surface area (Å²) in [6, 6.07) is 22.4. The maximum absolute atomic E-state index is 12.9. The Bertz CT molecular complexity index is 1300. The molecule has 168 valence electrons. The molecule has 2 atom stereocenters. The predicted molar refractivity (Wildman–Crippen MR) is 124 cm³/mol. The number of halogens is 1. The number of ether oxygens (including phenoxy) is 1. The van der Waals surface area contributed by atoms with Crippen LogP contribution in [-0.2, 0) is 11.3 Å². The van der Waals surface area contributed by atoms with E-state index in [2.05, 4.69) is 18.2 Å². The molecule has 34 heavy (non-hydrogen) atoms. The van der Waals surface area contributed by atoms with Crippen LogP contribution in [0.25, 0.3) is 0 Å². The van der Waals surface area contributed by atoms with Gasteiger partial charge in [-0.15, -0.1) is 0 Å². The van der Waals surface area contributed by atoms with Crippen molar-refractivity contribution >= 4 is 17.7 Å². The molecule has 0 bridgehead atoms. The molecule has 2 N–H and O–H groups in total. The number of nitriles is 3. The summed E-state index contributed by atoms with van der Waals surface area (Å²) in [5, 5.41) is 30.6. The minimum absolute atomic E-state index is 0.0763. The van der Waals surface area contributed by atoms with Crippen LogP contribution in [0.2, 0.25) is 5.02 Å². The normalized spacial score (nSPS) is 20.8. The molecule has 0 saturated carbocycles. The third-order valence-corrected chi connectivity index (χ3v) is 6.57. The third kappa shape index (κ3) is 3.86. The van der Waals surface area contributed by atoms with Crippen LogP contribution in [0.5, 0.6) is 0 Å². The lowest BCUT2D eigenvalue weighted by Crippen LogP contribution is -2.49. The number of hydrogen-bond donors (Lipinski definition) is 1. The number of nitrogens with two attached hydrogens (primary N) is 1. The monoisotopic (exact) mass is 469 g/mol. The Morgan fingerprint density at radius 2 is 1.88 bits per heavy atom. The van der Waals surface area contributed by atoms with Gasteiger partial charge in [-0.2, -0.15) is 15.8 Å². The molecule has 4 rings (SSSR count). The highest BCUT2D eigenvalue weighted by Crippen LogP contribution is 2.54. The molecule has 0 saturated heterocycles. The lowest BCUT2D eigenvalue weighted by atomic mass is 9.58. The summed E-state index contributed by atoms with van der Waals surface area (Å²) >= 11 is 6.23. The van der Waals surface area contributed by atoms with Gasteiger partial charge in [0.1, 0.15) is 12.7 Å². The van der Waals surface area contributed by atoms with Gasteiger partial charge < -0.3 is 15.4 Å². The van der Waals surface area contributed by atoms with Crippen molar-refractivity contribution in [2.75, 3.05) is 13.1 Å². The topological polar surface area (TPSA) is 127 Å². The molecule has 1 heterocycles. The van der Waals surface area contributed by atoms with Gasteiger partial charge in [-0.05, 0) is 28.8 Å². The molecule has 0 unspecified atom stereocenters. The second-order valence-electron chi connectivity index (χ2n) is 8.18. The zero-order valence-electron chi connectivity index (χ0n) is 18.1. The fraction of sp³-hybridized carbons (Fsp3) is 0.231. The van der Waals surface area contributed by atoms with E-state index in [0.29, 0.717) is 16.2 Å². The molecule has 1 aliphatic heterocycles. The van der Waals surface area contributed by atoms with E-state index in [9.17, 15) is 20.6 Å². The van der Waals surface area contributed by atoms with Crippen molar-refractivity contribution in [1.29, 1.82) is 15.8 Å². The summed E-state index contributed by atoms with van der Waals surface area (Å²) in [6.07, 6.45) is 1.23. The summed E-state index contributed by atoms with van der Waals surface area (Å²) < 4.78 is 5.49. The van der Waals surface area contributed by atoms with Gasteiger partial charge >= 0.3 is 6.09 Å². The number of carbonyl (C=O) groups excluding carboxylic acids is 1. The first-order chi connectivity index (χ1) is 16.4. The molecule has 2 aliphatic rings. The van der Waals surface area contributed by atoms with Crippen molar-refractivity contribution < 1.29 is 9.53 Å². The fourth-order valence-corrected chi connectivity index (χ4v) is 4.91. The molecule has 2 aromatic carbocycles. The molecular weight excluding hydrogens is 450 g/mol. The van der Waals surface area contributed by atoms with Gasteiger partial charge in [0.15, 0.2) is 5.41 Å². The maximum Gasteiger partial charge on any atom is 0.410 e. The van der Waals surface area contributed by atoms with Gasteiger partial charge in [-0.1, -0.05) is 60.1 Å². The zero-order chi connectivity index (χ0) is 24.3. The third-order valence-electron chi connectivity index (χ3n) is 6.34. The van der Waals surface area contributed by atoms with Crippen molar-refractivity contribution in [2.45, 2.75) is 12.5 Å². The van der Waals surface area contributed by atoms with E-state index in [0.717, 1.165) is 5.56 Å². The van der Waals surface area contributed by atoms with Gasteiger partial charge in [0.05, 0.1) is 23.4 Å². The Hall–Kier alpha value is -4.25. The Labute approximate surface area is 202 Å². The van der Waals surface area contributed by atoms with Crippen LogP contribution >= 0.6 is 11.6 Å². The molecule has 1 amide bonds. The average Bonchev–Trinajstić information content (AvgIpc) is 2.87. The van der Waals surface area contributed by atoms with E-state index in [1.54, 1.807) is 30.3 Å². The Morgan fingerprint density at radius 1 is 1.15 bits per heavy atom. The van der Waals surface area contributed by atoms with Gasteiger partial charge in [0.2, 0.25) is 0 Å². The van der Waals surface area contributed by atoms with E-state index in [1.807, 2.05) is 30.3 Å². The number of nitrogens with zero attached hydrogens (tertiary/aromatic N) is 4. The second kappa shape index (κ2) is 9.32. The Kier molecular flexibility index (Phi) is 6.28. The number of rotatable bonds is 3. The first-order valence-corrected chi connectivity index (χ1v) is 11.0. The van der Waals surface area contributed by atoms with E-state index in [1.165, 1.54) is 4.90 Å². The van der Waals surface area contributed by atoms with E-state index < -0.39 is 23.3 Å². The minimum atomic E-state index is -1.80. The highest BCUT2D eigenvalue weighted by molar-refractivity contribution is 6.30. The van der Waals surface area contributed by atoms with Crippen molar-refractivity contribution in [1.82, 2.24) is 4.90 Å². The first-order valence-electron chi connectivity index (χ1n) is 10.6. The van der Waals surface area contributed by atoms with Gasteiger partial charge in [0, 0.05) is 29.9 Å². The quantitative estimate of drug-likeness (QED) is 0.709. The van der Waals surface area contributed by atoms with E-state index >= 15 is 0 Å². The molecule has 0 radical (unpaired) electrons. The van der Waals surface area contributed by atoms with Crippen molar-refractivity contribution in [3.05, 3.63) is 93.7 Å². The maximum atomic E-state index is 12.9. The van der Waals surface area contributed by atoms with E-state index in [-0.39, 0.29) is 31.0 Å². The van der Waals surface area contributed by atoms with Crippen LogP contribution in [0.3, 0.4) is 0 Å². The van der Waals surface area contributed by atoms with Crippen molar-refractivity contribution in [3.63, 3.8) is 0 Å². The Morgan fingerprint density at radius 3 is 2.53 bits per heavy atom. The number of allylic oxidation sites excluding steroid dienone is 2. The standard InChI is InChI=1S/C26H20ClN5O2/c27-19-8-4-7-18(11-19)23-22-13-32(25(33)34-14-17-5-2-1-3-6-17)10-9-20(22)21(12-28)24(31)26(23,15-29)16-30/h1-9,11,22-23H,10,13-14,31H2/t22-,23+/m1/s1. The van der Waals surface area contributed by atoms with Gasteiger partial charge in [-0.3, -0.25) is 0 Å². The lowest BCUT2D eigenvalue weighted by molar-refractivity contribution is 0.0898. The van der Waals surface area contributed by atoms with E-state index in [4.69, 9.17) is 22.1 Å².